The van der Waals surface area contributed by atoms with Crippen molar-refractivity contribution in [3.8, 4) is 11.5 Å². The highest BCUT2D eigenvalue weighted by Crippen LogP contribution is 2.39. The first kappa shape index (κ1) is 25.7. The largest absolute Gasteiger partial charge is 0.493 e. The van der Waals surface area contributed by atoms with Gasteiger partial charge in [-0.25, -0.2) is 13.6 Å². The quantitative estimate of drug-likeness (QED) is 0.270. The minimum Gasteiger partial charge on any atom is -0.493 e. The van der Waals surface area contributed by atoms with Gasteiger partial charge in [0.05, 0.1) is 32.3 Å². The molecule has 1 aromatic carbocycles. The summed E-state index contributed by atoms with van der Waals surface area (Å²) in [5, 5.41) is 52.0. The van der Waals surface area contributed by atoms with Gasteiger partial charge in [0, 0.05) is 12.5 Å². The van der Waals surface area contributed by atoms with E-state index in [0.29, 0.717) is 0 Å². The zero-order chi connectivity index (χ0) is 24.2. The van der Waals surface area contributed by atoms with Crippen LogP contribution in [-0.2, 0) is 14.3 Å². The Labute approximate surface area is 181 Å². The maximum Gasteiger partial charge on any atom is 0.377 e. The summed E-state index contributed by atoms with van der Waals surface area (Å²) in [6.07, 6.45) is -10.7. The summed E-state index contributed by atoms with van der Waals surface area (Å²) >= 11 is 0. The Hall–Kier alpha value is -2.58. The van der Waals surface area contributed by atoms with Crippen LogP contribution in [0.4, 0.5) is 8.78 Å². The number of hydrogen-bond donors (Lipinski definition) is 6. The van der Waals surface area contributed by atoms with Crippen molar-refractivity contribution in [3.05, 3.63) is 23.8 Å². The average Bonchev–Trinajstić information content (AvgIpc) is 2.74. The van der Waals surface area contributed by atoms with E-state index in [0.717, 1.165) is 32.2 Å². The topological polar surface area (TPSA) is 175 Å². The molecule has 0 bridgehead atoms. The molecule has 0 saturated carbocycles. The second-order valence-corrected chi connectivity index (χ2v) is 7.19. The van der Waals surface area contributed by atoms with Crippen LogP contribution in [0.1, 0.15) is 25.3 Å². The summed E-state index contributed by atoms with van der Waals surface area (Å²) in [5.74, 6) is -5.65. The molecule has 0 radical (unpaired) electrons. The number of rotatable bonds is 9. The molecule has 1 aromatic rings. The summed E-state index contributed by atoms with van der Waals surface area (Å²) in [7, 11) is 1.14. The number of carboxylic acid groups (broad SMARTS) is 1. The molecule has 0 aromatic heterocycles. The first-order valence-corrected chi connectivity index (χ1v) is 9.44. The monoisotopic (exact) mass is 465 g/mol. The molecule has 1 aliphatic heterocycles. The first-order chi connectivity index (χ1) is 15.0. The van der Waals surface area contributed by atoms with Gasteiger partial charge < -0.3 is 45.1 Å². The smallest absolute Gasteiger partial charge is 0.377 e. The van der Waals surface area contributed by atoms with Gasteiger partial charge in [-0.3, -0.25) is 4.79 Å². The molecule has 32 heavy (non-hydrogen) atoms. The van der Waals surface area contributed by atoms with E-state index >= 15 is 0 Å². The number of aliphatic hydroxyl groups excluding tert-OH is 4. The number of carbonyl (C=O) groups is 2. The number of benzene rings is 1. The zero-order valence-corrected chi connectivity index (χ0v) is 17.1. The Bertz CT molecular complexity index is 825. The van der Waals surface area contributed by atoms with Gasteiger partial charge in [-0.2, -0.15) is 0 Å². The maximum absolute atomic E-state index is 13.0. The standard InChI is InChI=1S/C19H25F2NO10/c1-8(24)22-14-10(25)6-19(18(28)29,32-16(14)15(27)11(26)7-23)31-12-4-3-9(17(20)21)5-13(12)30-2/h3-5,10-11,14-17,23,25-27H,6-7H2,1-2H3,(H,22,24)(H,28,29)/t10-,11+,14+,15+,16+,19+/m0/s1. The molecule has 0 unspecified atom stereocenters. The number of carboxylic acids is 1. The number of amides is 1. The van der Waals surface area contributed by atoms with E-state index in [1.165, 1.54) is 0 Å². The Kier molecular flexibility index (Phi) is 8.31. The van der Waals surface area contributed by atoms with E-state index in [4.69, 9.17) is 19.3 Å². The van der Waals surface area contributed by atoms with Crippen LogP contribution in [0, 0.1) is 0 Å². The van der Waals surface area contributed by atoms with E-state index in [1.807, 2.05) is 0 Å². The lowest BCUT2D eigenvalue weighted by Crippen LogP contribution is -2.68. The molecule has 0 spiro atoms. The normalized spacial score (nSPS) is 27.5. The molecule has 1 aliphatic rings. The fraction of sp³-hybridized carbons (Fsp3) is 0.579. The lowest BCUT2D eigenvalue weighted by molar-refractivity contribution is -0.284. The van der Waals surface area contributed by atoms with Crippen LogP contribution in [0.3, 0.4) is 0 Å². The van der Waals surface area contributed by atoms with Gasteiger partial charge in [-0.05, 0) is 18.2 Å². The molecule has 6 N–H and O–H groups in total. The summed E-state index contributed by atoms with van der Waals surface area (Å²) in [6, 6.07) is 1.55. The predicted octanol–water partition coefficient (Wildman–Crippen LogP) is -0.839. The van der Waals surface area contributed by atoms with Crippen LogP contribution in [-0.4, -0.2) is 87.4 Å². The maximum atomic E-state index is 13.0. The van der Waals surface area contributed by atoms with Crippen molar-refractivity contribution in [2.45, 2.75) is 56.0 Å². The van der Waals surface area contributed by atoms with Crippen LogP contribution in [0.2, 0.25) is 0 Å². The molecule has 0 aliphatic carbocycles. The van der Waals surface area contributed by atoms with Crippen molar-refractivity contribution >= 4 is 11.9 Å². The van der Waals surface area contributed by atoms with Crippen LogP contribution in [0.25, 0.3) is 0 Å². The second kappa shape index (κ2) is 10.4. The van der Waals surface area contributed by atoms with Crippen molar-refractivity contribution < 1.29 is 58.1 Å². The molecule has 13 heteroatoms. The molecule has 1 fully saturated rings. The number of hydrogen-bond acceptors (Lipinski definition) is 9. The van der Waals surface area contributed by atoms with Crippen molar-refractivity contribution in [1.82, 2.24) is 5.32 Å². The van der Waals surface area contributed by atoms with Gasteiger partial charge in [0.1, 0.15) is 18.3 Å². The molecule has 1 amide bonds. The van der Waals surface area contributed by atoms with Crippen molar-refractivity contribution in [2.24, 2.45) is 0 Å². The minimum absolute atomic E-state index is 0.252. The number of ether oxygens (including phenoxy) is 3. The lowest BCUT2D eigenvalue weighted by atomic mass is 9.88. The van der Waals surface area contributed by atoms with Crippen molar-refractivity contribution in [2.75, 3.05) is 13.7 Å². The number of alkyl halides is 2. The van der Waals surface area contributed by atoms with E-state index < -0.39 is 73.1 Å². The number of nitrogens with one attached hydrogen (secondary N) is 1. The number of halogens is 2. The predicted molar refractivity (Wildman–Crippen MR) is 101 cm³/mol. The Balaban J connectivity index is 2.48. The van der Waals surface area contributed by atoms with Gasteiger partial charge in [0.25, 0.3) is 6.43 Å². The summed E-state index contributed by atoms with van der Waals surface area (Å²) in [5.41, 5.74) is -0.423. The van der Waals surface area contributed by atoms with Gasteiger partial charge in [-0.1, -0.05) is 0 Å². The number of carbonyl (C=O) groups excluding carboxylic acids is 1. The van der Waals surface area contributed by atoms with Crippen molar-refractivity contribution in [3.63, 3.8) is 0 Å². The highest BCUT2D eigenvalue weighted by Gasteiger charge is 2.57. The molecular formula is C19H25F2NO10. The fourth-order valence-electron chi connectivity index (χ4n) is 3.31. The minimum atomic E-state index is -2.84. The van der Waals surface area contributed by atoms with Crippen molar-refractivity contribution in [1.29, 1.82) is 0 Å². The molecular weight excluding hydrogens is 440 g/mol. The molecule has 11 nitrogen and oxygen atoms in total. The van der Waals surface area contributed by atoms with E-state index in [1.54, 1.807) is 0 Å². The fourth-order valence-corrected chi connectivity index (χ4v) is 3.31. The third-order valence-corrected chi connectivity index (χ3v) is 4.90. The van der Waals surface area contributed by atoms with Crippen LogP contribution < -0.4 is 14.8 Å². The summed E-state index contributed by atoms with van der Waals surface area (Å²) in [4.78, 5) is 23.7. The number of methoxy groups -OCH3 is 1. The zero-order valence-electron chi connectivity index (χ0n) is 17.1. The molecule has 1 saturated heterocycles. The van der Waals surface area contributed by atoms with Gasteiger partial charge in [0.15, 0.2) is 11.5 Å². The van der Waals surface area contributed by atoms with Crippen LogP contribution in [0.5, 0.6) is 11.5 Å². The third kappa shape index (κ3) is 5.42. The Morgan fingerprint density at radius 3 is 2.47 bits per heavy atom. The highest BCUT2D eigenvalue weighted by atomic mass is 19.3. The number of aliphatic carboxylic acids is 1. The summed E-state index contributed by atoms with van der Waals surface area (Å²) in [6.45, 7) is 0.164. The molecule has 6 atom stereocenters. The first-order valence-electron chi connectivity index (χ1n) is 9.44. The average molecular weight is 465 g/mol. The third-order valence-electron chi connectivity index (χ3n) is 4.90. The lowest BCUT2D eigenvalue weighted by Gasteiger charge is -2.46. The van der Waals surface area contributed by atoms with Gasteiger partial charge in [-0.15, -0.1) is 0 Å². The summed E-state index contributed by atoms with van der Waals surface area (Å²) < 4.78 is 41.8. The Morgan fingerprint density at radius 2 is 1.97 bits per heavy atom. The highest BCUT2D eigenvalue weighted by molar-refractivity contribution is 5.77. The second-order valence-electron chi connectivity index (χ2n) is 7.19. The van der Waals surface area contributed by atoms with Crippen LogP contribution in [0.15, 0.2) is 18.2 Å². The van der Waals surface area contributed by atoms with Gasteiger partial charge >= 0.3 is 11.8 Å². The van der Waals surface area contributed by atoms with E-state index in [9.17, 15) is 38.8 Å². The SMILES string of the molecule is COc1cc(C(F)F)ccc1O[C@]1(C(=O)O)C[C@H](O)[C@@H](NC(C)=O)[C@H]([C@H](O)[C@H](O)CO)O1. The van der Waals surface area contributed by atoms with E-state index in [-0.39, 0.29) is 11.5 Å². The van der Waals surface area contributed by atoms with E-state index in [2.05, 4.69) is 5.32 Å². The number of aliphatic hydroxyl groups is 4. The van der Waals surface area contributed by atoms with Crippen LogP contribution >= 0.6 is 0 Å². The molecule has 2 rings (SSSR count). The molecule has 180 valence electrons. The van der Waals surface area contributed by atoms with Gasteiger partial charge in [0.2, 0.25) is 5.91 Å². The molecule has 1 heterocycles. The Morgan fingerprint density at radius 1 is 1.31 bits per heavy atom.